The second-order valence-electron chi connectivity index (χ2n) is 10.4. The highest BCUT2D eigenvalue weighted by Gasteiger charge is 2.47. The van der Waals surface area contributed by atoms with Crippen molar-refractivity contribution in [1.29, 1.82) is 5.41 Å². The number of hydrogen-bond donors (Lipinski definition) is 4. The molecular weight excluding hydrogens is 458 g/mol. The van der Waals surface area contributed by atoms with Crippen molar-refractivity contribution in [2.45, 2.75) is 76.9 Å². The van der Waals surface area contributed by atoms with Crippen LogP contribution in [-0.2, 0) is 4.79 Å². The van der Waals surface area contributed by atoms with Crippen LogP contribution in [0, 0.1) is 10.8 Å². The van der Waals surface area contributed by atoms with Crippen molar-refractivity contribution in [1.82, 2.24) is 19.9 Å². The maximum atomic E-state index is 12.9. The van der Waals surface area contributed by atoms with Gasteiger partial charge in [-0.15, -0.1) is 0 Å². The van der Waals surface area contributed by atoms with Crippen LogP contribution in [0.3, 0.4) is 0 Å². The fraction of sp³-hybridized carbons (Fsp3) is 0.615. The highest BCUT2D eigenvalue weighted by molar-refractivity contribution is 6.18. The first kappa shape index (κ1) is 26.1. The zero-order chi connectivity index (χ0) is 26.0. The van der Waals surface area contributed by atoms with Gasteiger partial charge in [0.25, 0.3) is 0 Å². The number of ketones is 1. The molecule has 4 rings (SSSR count). The third kappa shape index (κ3) is 5.10. The number of nitrogens with zero attached hydrogens (tertiary/aromatic N) is 4. The standard InChI is InChI=1S/C26H39N7O3/c1-16(20-9-7-13-32(20)2)36-22-14-19(18(27)15-33(3)29)30-25(31-22)23(35)17-8-6-12-26(24(17)28)11-5-4-10-21(26)34/h14-16,20,28,35H,4-13,27,29H2,1-3H3/b18-15-,23-17-,28-24?/t16-,20-,26+/m0/s1. The number of carbonyl (C=O) groups excluding carboxylic acids is 1. The molecular formula is C26H39N7O3. The van der Waals surface area contributed by atoms with E-state index in [4.69, 9.17) is 21.7 Å². The minimum Gasteiger partial charge on any atom is -0.504 e. The van der Waals surface area contributed by atoms with Crippen LogP contribution in [0.4, 0.5) is 0 Å². The lowest BCUT2D eigenvalue weighted by molar-refractivity contribution is -0.128. The molecule has 10 heteroatoms. The number of Topliss-reactive ketones (excluding diaryl/α,β-unsaturated/α-hetero) is 1. The van der Waals surface area contributed by atoms with E-state index in [1.54, 1.807) is 13.1 Å². The largest absolute Gasteiger partial charge is 0.504 e. The predicted octanol–water partition coefficient (Wildman–Crippen LogP) is 3.00. The van der Waals surface area contributed by atoms with Crippen LogP contribution >= 0.6 is 0 Å². The summed E-state index contributed by atoms with van der Waals surface area (Å²) in [4.78, 5) is 24.2. The van der Waals surface area contributed by atoms with Gasteiger partial charge in [0.1, 0.15) is 11.9 Å². The number of nitrogens with two attached hydrogens (primary N) is 2. The zero-order valence-electron chi connectivity index (χ0n) is 21.6. The monoisotopic (exact) mass is 497 g/mol. The molecule has 1 spiro atoms. The molecule has 2 aliphatic carbocycles. The van der Waals surface area contributed by atoms with Gasteiger partial charge in [0.05, 0.1) is 22.5 Å². The summed E-state index contributed by atoms with van der Waals surface area (Å²) < 4.78 is 6.23. The number of likely N-dealkylation sites (tertiary alicyclic amines) is 1. The van der Waals surface area contributed by atoms with Gasteiger partial charge in [-0.05, 0) is 65.5 Å². The molecule has 2 saturated carbocycles. The summed E-state index contributed by atoms with van der Waals surface area (Å²) in [7, 11) is 3.73. The molecule has 0 aromatic carbocycles. The number of rotatable bonds is 6. The predicted molar refractivity (Wildman–Crippen MR) is 139 cm³/mol. The summed E-state index contributed by atoms with van der Waals surface area (Å²) in [5.74, 6) is 5.99. The quantitative estimate of drug-likeness (QED) is 0.264. The van der Waals surface area contributed by atoms with Gasteiger partial charge in [-0.3, -0.25) is 9.69 Å². The highest BCUT2D eigenvalue weighted by Crippen LogP contribution is 2.46. The first-order chi connectivity index (χ1) is 17.1. The molecule has 0 bridgehead atoms. The SMILES string of the molecule is C[C@H](Oc1cc(/C(N)=C/N(C)N)nc(/C(O)=C2\CCC[C@@]3(CCCCC3=O)C2=N)n1)[C@@H]1CCCN1C. The van der Waals surface area contributed by atoms with Crippen molar-refractivity contribution in [2.24, 2.45) is 17.0 Å². The third-order valence-corrected chi connectivity index (χ3v) is 7.87. The normalized spacial score (nSPS) is 27.9. The van der Waals surface area contributed by atoms with E-state index in [9.17, 15) is 9.90 Å². The molecule has 196 valence electrons. The lowest BCUT2D eigenvalue weighted by atomic mass is 9.62. The van der Waals surface area contributed by atoms with E-state index in [2.05, 4.69) is 21.9 Å². The number of allylic oxidation sites excluding steroid dienone is 1. The molecule has 0 amide bonds. The first-order valence-corrected chi connectivity index (χ1v) is 12.9. The van der Waals surface area contributed by atoms with E-state index in [1.807, 2.05) is 6.92 Å². The minimum absolute atomic E-state index is 0.0329. The molecule has 1 saturated heterocycles. The summed E-state index contributed by atoms with van der Waals surface area (Å²) in [6, 6.07) is 1.89. The number of carbonyl (C=O) groups is 1. The van der Waals surface area contributed by atoms with Crippen LogP contribution in [-0.4, -0.2) is 69.3 Å². The summed E-state index contributed by atoms with van der Waals surface area (Å²) in [6.07, 6.45) is 8.31. The summed E-state index contributed by atoms with van der Waals surface area (Å²) in [5.41, 5.74) is 6.72. The number of hydrazine groups is 1. The molecule has 36 heavy (non-hydrogen) atoms. The van der Waals surface area contributed by atoms with Crippen molar-refractivity contribution in [3.8, 4) is 5.88 Å². The average molecular weight is 498 g/mol. The van der Waals surface area contributed by atoms with Crippen molar-refractivity contribution in [3.05, 3.63) is 29.4 Å². The van der Waals surface area contributed by atoms with Gasteiger partial charge in [0.15, 0.2) is 11.6 Å². The first-order valence-electron chi connectivity index (χ1n) is 12.9. The number of aliphatic hydroxyl groups is 1. The average Bonchev–Trinajstić information content (AvgIpc) is 3.27. The van der Waals surface area contributed by atoms with Crippen LogP contribution in [0.15, 0.2) is 17.8 Å². The van der Waals surface area contributed by atoms with Crippen LogP contribution in [0.5, 0.6) is 5.88 Å². The van der Waals surface area contributed by atoms with E-state index in [-0.39, 0.29) is 46.8 Å². The molecule has 1 aliphatic heterocycles. The summed E-state index contributed by atoms with van der Waals surface area (Å²) in [6.45, 7) is 3.03. The van der Waals surface area contributed by atoms with Gasteiger partial charge in [-0.2, -0.15) is 4.98 Å². The van der Waals surface area contributed by atoms with E-state index < -0.39 is 5.41 Å². The Morgan fingerprint density at radius 3 is 2.72 bits per heavy atom. The number of nitrogens with one attached hydrogen (secondary N) is 1. The molecule has 3 aliphatic rings. The highest BCUT2D eigenvalue weighted by atomic mass is 16.5. The molecule has 2 heterocycles. The minimum atomic E-state index is -0.806. The van der Waals surface area contributed by atoms with Crippen LogP contribution in [0.1, 0.15) is 76.2 Å². The van der Waals surface area contributed by atoms with Gasteiger partial charge in [0.2, 0.25) is 5.88 Å². The third-order valence-electron chi connectivity index (χ3n) is 7.87. The molecule has 0 unspecified atom stereocenters. The van der Waals surface area contributed by atoms with Crippen LogP contribution in [0.25, 0.3) is 11.5 Å². The topological polar surface area (TPSA) is 155 Å². The molecule has 10 nitrogen and oxygen atoms in total. The van der Waals surface area contributed by atoms with Gasteiger partial charge in [-0.1, -0.05) is 6.42 Å². The Hall–Kier alpha value is -2.98. The molecule has 3 fully saturated rings. The Labute approximate surface area is 212 Å². The Kier molecular flexibility index (Phi) is 7.65. The van der Waals surface area contributed by atoms with Crippen molar-refractivity contribution in [3.63, 3.8) is 0 Å². The van der Waals surface area contributed by atoms with Crippen molar-refractivity contribution in [2.75, 3.05) is 20.6 Å². The molecule has 3 atom stereocenters. The molecule has 1 aromatic rings. The second-order valence-corrected chi connectivity index (χ2v) is 10.4. The Morgan fingerprint density at radius 2 is 2.06 bits per heavy atom. The lowest BCUT2D eigenvalue weighted by Crippen LogP contribution is -2.44. The molecule has 1 aromatic heterocycles. The number of hydrogen-bond acceptors (Lipinski definition) is 10. The summed E-state index contributed by atoms with van der Waals surface area (Å²) >= 11 is 0. The van der Waals surface area contributed by atoms with E-state index in [1.165, 1.54) is 11.2 Å². The van der Waals surface area contributed by atoms with Crippen LogP contribution < -0.4 is 16.3 Å². The van der Waals surface area contributed by atoms with Gasteiger partial charge in [0, 0.05) is 37.3 Å². The lowest BCUT2D eigenvalue weighted by Gasteiger charge is -2.40. The van der Waals surface area contributed by atoms with E-state index in [0.717, 1.165) is 38.6 Å². The van der Waals surface area contributed by atoms with Crippen molar-refractivity contribution < 1.29 is 14.6 Å². The Balaban J connectivity index is 1.73. The van der Waals surface area contributed by atoms with Gasteiger partial charge >= 0.3 is 0 Å². The maximum Gasteiger partial charge on any atom is 0.217 e. The Bertz CT molecular complexity index is 1080. The van der Waals surface area contributed by atoms with Gasteiger partial charge < -0.3 is 26.0 Å². The number of ether oxygens (including phenoxy) is 1. The number of aromatic nitrogens is 2. The van der Waals surface area contributed by atoms with E-state index in [0.29, 0.717) is 37.0 Å². The number of likely N-dealkylation sites (N-methyl/N-ethyl adjacent to an activating group) is 1. The smallest absolute Gasteiger partial charge is 0.217 e. The van der Waals surface area contributed by atoms with Crippen LogP contribution in [0.2, 0.25) is 0 Å². The molecule has 0 radical (unpaired) electrons. The molecule has 6 N–H and O–H groups in total. The fourth-order valence-electron chi connectivity index (χ4n) is 5.92. The summed E-state index contributed by atoms with van der Waals surface area (Å²) in [5, 5.41) is 21.6. The van der Waals surface area contributed by atoms with Gasteiger partial charge in [-0.25, -0.2) is 10.8 Å². The van der Waals surface area contributed by atoms with Crippen molar-refractivity contribution >= 4 is 23.0 Å². The number of aliphatic hydroxyl groups excluding tert-OH is 1. The Morgan fingerprint density at radius 1 is 1.31 bits per heavy atom. The second kappa shape index (κ2) is 10.6. The fourth-order valence-corrected chi connectivity index (χ4v) is 5.92. The maximum absolute atomic E-state index is 12.9. The zero-order valence-corrected chi connectivity index (χ0v) is 21.6. The van der Waals surface area contributed by atoms with E-state index >= 15 is 0 Å².